The van der Waals surface area contributed by atoms with Gasteiger partial charge in [0.15, 0.2) is 0 Å². The number of hydrogen-bond acceptors (Lipinski definition) is 4. The summed E-state index contributed by atoms with van der Waals surface area (Å²) in [5, 5.41) is 11.5. The summed E-state index contributed by atoms with van der Waals surface area (Å²) in [6, 6.07) is 4.93. The van der Waals surface area contributed by atoms with Crippen LogP contribution in [0.1, 0.15) is 0 Å². The van der Waals surface area contributed by atoms with Crippen LogP contribution in [-0.4, -0.2) is 20.0 Å². The van der Waals surface area contributed by atoms with E-state index < -0.39 is 0 Å². The highest BCUT2D eigenvalue weighted by atomic mass is 16.1. The lowest BCUT2D eigenvalue weighted by Crippen LogP contribution is -2.18. The fourth-order valence-corrected chi connectivity index (χ4v) is 1.10. The van der Waals surface area contributed by atoms with Crippen LogP contribution in [0.25, 0.3) is 11.3 Å². The number of aromatic nitrogens is 4. The third kappa shape index (κ3) is 1.52. The molecule has 0 amide bonds. The van der Waals surface area contributed by atoms with Gasteiger partial charge in [-0.15, -0.1) is 0 Å². The van der Waals surface area contributed by atoms with Crippen molar-refractivity contribution >= 4 is 0 Å². The van der Waals surface area contributed by atoms with Crippen LogP contribution in [0, 0.1) is 0 Å². The van der Waals surface area contributed by atoms with Crippen molar-refractivity contribution in [1.82, 2.24) is 20.0 Å². The zero-order valence-corrected chi connectivity index (χ0v) is 7.58. The molecule has 0 unspecified atom stereocenters. The molecule has 2 heterocycles. The molecule has 0 spiro atoms. The molecule has 14 heavy (non-hydrogen) atoms. The zero-order chi connectivity index (χ0) is 9.97. The molecule has 2 aromatic rings. The number of nitrogens with zero attached hydrogens (tertiary/aromatic N) is 4. The van der Waals surface area contributed by atoms with Crippen LogP contribution in [0.3, 0.4) is 0 Å². The Labute approximate surface area is 80.0 Å². The molecule has 0 aliphatic rings. The van der Waals surface area contributed by atoms with E-state index in [0.717, 1.165) is 5.56 Å². The van der Waals surface area contributed by atoms with Gasteiger partial charge in [-0.1, -0.05) is 0 Å². The van der Waals surface area contributed by atoms with E-state index in [1.165, 1.54) is 10.7 Å². The van der Waals surface area contributed by atoms with E-state index in [9.17, 15) is 4.79 Å². The second kappa shape index (κ2) is 3.37. The van der Waals surface area contributed by atoms with Crippen LogP contribution in [0.2, 0.25) is 0 Å². The van der Waals surface area contributed by atoms with Gasteiger partial charge in [-0.2, -0.15) is 15.3 Å². The lowest BCUT2D eigenvalue weighted by molar-refractivity contribution is 0.711. The zero-order valence-electron chi connectivity index (χ0n) is 7.58. The van der Waals surface area contributed by atoms with Gasteiger partial charge in [0.05, 0.1) is 18.1 Å². The van der Waals surface area contributed by atoms with Gasteiger partial charge in [0, 0.05) is 18.7 Å². The topological polar surface area (TPSA) is 60.7 Å². The highest BCUT2D eigenvalue weighted by molar-refractivity contribution is 5.55. The summed E-state index contributed by atoms with van der Waals surface area (Å²) in [5.41, 5.74) is 1.42. The maximum absolute atomic E-state index is 11.1. The Morgan fingerprint density at radius 1 is 1.21 bits per heavy atom. The van der Waals surface area contributed by atoms with Crippen LogP contribution >= 0.6 is 0 Å². The van der Waals surface area contributed by atoms with Crippen molar-refractivity contribution in [3.63, 3.8) is 0 Å². The molecule has 0 aromatic carbocycles. The summed E-state index contributed by atoms with van der Waals surface area (Å²) in [4.78, 5) is 11.1. The molecule has 0 radical (unpaired) electrons. The summed E-state index contributed by atoms with van der Waals surface area (Å²) in [7, 11) is 1.61. The van der Waals surface area contributed by atoms with Crippen molar-refractivity contribution in [1.29, 1.82) is 0 Å². The number of rotatable bonds is 1. The molecular formula is C9H8N4O. The second-order valence-corrected chi connectivity index (χ2v) is 2.81. The van der Waals surface area contributed by atoms with Gasteiger partial charge in [-0.3, -0.25) is 4.79 Å². The highest BCUT2D eigenvalue weighted by Gasteiger charge is 2.00. The maximum Gasteiger partial charge on any atom is 0.266 e. The normalized spacial score (nSPS) is 10.1. The molecule has 5 nitrogen and oxygen atoms in total. The second-order valence-electron chi connectivity index (χ2n) is 2.81. The standard InChI is InChI=1S/C9H8N4O/c1-13-9(14)3-2-8(12-13)7-4-5-10-11-6-7/h2-6H,1H3. The molecule has 0 saturated heterocycles. The Morgan fingerprint density at radius 3 is 2.71 bits per heavy atom. The number of aryl methyl sites for hydroxylation is 1. The van der Waals surface area contributed by atoms with E-state index in [4.69, 9.17) is 0 Å². The molecule has 0 fully saturated rings. The van der Waals surface area contributed by atoms with Crippen LogP contribution in [-0.2, 0) is 7.05 Å². The van der Waals surface area contributed by atoms with Gasteiger partial charge in [0.1, 0.15) is 0 Å². The number of hydrogen-bond donors (Lipinski definition) is 0. The third-order valence-corrected chi connectivity index (χ3v) is 1.84. The fourth-order valence-electron chi connectivity index (χ4n) is 1.10. The Balaban J connectivity index is 2.54. The Hall–Kier alpha value is -2.04. The minimum Gasteiger partial charge on any atom is -0.268 e. The van der Waals surface area contributed by atoms with E-state index in [-0.39, 0.29) is 5.56 Å². The van der Waals surface area contributed by atoms with Crippen molar-refractivity contribution in [3.8, 4) is 11.3 Å². The molecule has 0 atom stereocenters. The van der Waals surface area contributed by atoms with Crippen LogP contribution in [0.5, 0.6) is 0 Å². The van der Waals surface area contributed by atoms with Crippen LogP contribution in [0.15, 0.2) is 35.4 Å². The lowest BCUT2D eigenvalue weighted by atomic mass is 10.2. The maximum atomic E-state index is 11.1. The first-order valence-corrected chi connectivity index (χ1v) is 4.09. The van der Waals surface area contributed by atoms with Crippen molar-refractivity contribution in [2.45, 2.75) is 0 Å². The van der Waals surface area contributed by atoms with Gasteiger partial charge < -0.3 is 0 Å². The van der Waals surface area contributed by atoms with E-state index in [0.29, 0.717) is 5.69 Å². The average Bonchev–Trinajstić information content (AvgIpc) is 2.23. The molecule has 2 aromatic heterocycles. The first-order valence-electron chi connectivity index (χ1n) is 4.09. The van der Waals surface area contributed by atoms with Gasteiger partial charge in [-0.05, 0) is 12.1 Å². The lowest BCUT2D eigenvalue weighted by Gasteiger charge is -2.00. The molecule has 0 aliphatic carbocycles. The molecular weight excluding hydrogens is 180 g/mol. The first-order chi connectivity index (χ1) is 6.77. The average molecular weight is 188 g/mol. The van der Waals surface area contributed by atoms with Crippen molar-refractivity contribution in [2.24, 2.45) is 7.05 Å². The summed E-state index contributed by atoms with van der Waals surface area (Å²) in [5.74, 6) is 0. The van der Waals surface area contributed by atoms with Gasteiger partial charge in [-0.25, -0.2) is 4.68 Å². The summed E-state index contributed by atoms with van der Waals surface area (Å²) < 4.78 is 1.29. The Kier molecular flexibility index (Phi) is 2.06. The van der Waals surface area contributed by atoms with Gasteiger partial charge in [0.25, 0.3) is 5.56 Å². The van der Waals surface area contributed by atoms with E-state index >= 15 is 0 Å². The van der Waals surface area contributed by atoms with Gasteiger partial charge >= 0.3 is 0 Å². The quantitative estimate of drug-likeness (QED) is 0.643. The summed E-state index contributed by atoms with van der Waals surface area (Å²) in [6.45, 7) is 0. The van der Waals surface area contributed by atoms with Crippen molar-refractivity contribution < 1.29 is 0 Å². The Morgan fingerprint density at radius 2 is 2.07 bits per heavy atom. The summed E-state index contributed by atoms with van der Waals surface area (Å²) in [6.07, 6.45) is 3.19. The predicted molar refractivity (Wildman–Crippen MR) is 50.5 cm³/mol. The van der Waals surface area contributed by atoms with Crippen LogP contribution in [0.4, 0.5) is 0 Å². The van der Waals surface area contributed by atoms with Crippen molar-refractivity contribution in [2.75, 3.05) is 0 Å². The monoisotopic (exact) mass is 188 g/mol. The molecule has 0 N–H and O–H groups in total. The fraction of sp³-hybridized carbons (Fsp3) is 0.111. The Bertz CT molecular complexity index is 492. The minimum atomic E-state index is -0.129. The molecule has 0 bridgehead atoms. The van der Waals surface area contributed by atoms with Crippen LogP contribution < -0.4 is 5.56 Å². The molecule has 5 heteroatoms. The molecule has 0 saturated carbocycles. The smallest absolute Gasteiger partial charge is 0.266 e. The highest BCUT2D eigenvalue weighted by Crippen LogP contribution is 2.11. The predicted octanol–water partition coefficient (Wildman–Crippen LogP) is 0.237. The molecule has 70 valence electrons. The molecule has 2 rings (SSSR count). The first kappa shape index (κ1) is 8.55. The largest absolute Gasteiger partial charge is 0.268 e. The minimum absolute atomic E-state index is 0.129. The van der Waals surface area contributed by atoms with Crippen molar-refractivity contribution in [3.05, 3.63) is 40.9 Å². The SMILES string of the molecule is Cn1nc(-c2ccnnc2)ccc1=O. The van der Waals surface area contributed by atoms with E-state index in [1.54, 1.807) is 31.6 Å². The van der Waals surface area contributed by atoms with Gasteiger partial charge in [0.2, 0.25) is 0 Å². The molecule has 0 aliphatic heterocycles. The van der Waals surface area contributed by atoms with E-state index in [2.05, 4.69) is 15.3 Å². The summed E-state index contributed by atoms with van der Waals surface area (Å²) >= 11 is 0. The van der Waals surface area contributed by atoms with E-state index in [1.807, 2.05) is 0 Å². The third-order valence-electron chi connectivity index (χ3n) is 1.84.